The van der Waals surface area contributed by atoms with Gasteiger partial charge in [-0.2, -0.15) is 0 Å². The van der Waals surface area contributed by atoms with Gasteiger partial charge in [-0.3, -0.25) is 0 Å². The lowest BCUT2D eigenvalue weighted by atomic mass is 10.2. The Kier molecular flexibility index (Phi) is 6.75. The number of carboxylic acids is 1. The minimum Gasteiger partial charge on any atom is -0.504 e. The lowest BCUT2D eigenvalue weighted by Gasteiger charge is -2.17. The van der Waals surface area contributed by atoms with Gasteiger partial charge >= 0.3 is 17.9 Å². The molecule has 0 spiro atoms. The van der Waals surface area contributed by atoms with E-state index < -0.39 is 35.9 Å². The fourth-order valence-corrected chi connectivity index (χ4v) is 1.57. The fraction of sp³-hybridized carbons (Fsp3) is 0.267. The van der Waals surface area contributed by atoms with Crippen LogP contribution in [-0.2, 0) is 23.9 Å². The molecule has 0 saturated heterocycles. The maximum absolute atomic E-state index is 11.7. The van der Waals surface area contributed by atoms with Gasteiger partial charge < -0.3 is 29.9 Å². The van der Waals surface area contributed by atoms with Crippen LogP contribution in [0.1, 0.15) is 12.5 Å². The number of aliphatic carboxylic acids is 1. The summed E-state index contributed by atoms with van der Waals surface area (Å²) >= 11 is 0. The van der Waals surface area contributed by atoms with Gasteiger partial charge in [0.25, 0.3) is 0 Å². The zero-order chi connectivity index (χ0) is 18.3. The Hall–Kier alpha value is -3.07. The average Bonchev–Trinajstić information content (AvgIpc) is 2.53. The standard InChI is InChI=1S/C15H16O9/c1-2-23-15(22)13(12(19)14(20)21)24-11(18)6-4-8-3-5-9(16)10(17)7-8/h3-7,12-13,16-17,19H,2H2,1H3,(H,20,21)/b6-4+. The van der Waals surface area contributed by atoms with Crippen molar-refractivity contribution >= 4 is 24.0 Å². The molecule has 0 bridgehead atoms. The number of aliphatic hydroxyl groups is 1. The third-order valence-electron chi connectivity index (χ3n) is 2.71. The number of carbonyl (C=O) groups is 3. The van der Waals surface area contributed by atoms with Crippen molar-refractivity contribution in [3.05, 3.63) is 29.8 Å². The number of aliphatic hydroxyl groups excluding tert-OH is 1. The molecule has 9 nitrogen and oxygen atoms in total. The highest BCUT2D eigenvalue weighted by Gasteiger charge is 2.36. The summed E-state index contributed by atoms with van der Waals surface area (Å²) in [7, 11) is 0. The van der Waals surface area contributed by atoms with Crippen LogP contribution in [0.2, 0.25) is 0 Å². The molecule has 24 heavy (non-hydrogen) atoms. The zero-order valence-electron chi connectivity index (χ0n) is 12.6. The number of phenolic OH excluding ortho intramolecular Hbond substituents is 2. The predicted octanol–water partition coefficient (Wildman–Crippen LogP) is 0.0314. The van der Waals surface area contributed by atoms with Crippen LogP contribution in [0.25, 0.3) is 6.08 Å². The molecule has 1 rings (SSSR count). The van der Waals surface area contributed by atoms with Crippen LogP contribution in [0, 0.1) is 0 Å². The van der Waals surface area contributed by atoms with Gasteiger partial charge in [0.1, 0.15) is 0 Å². The topological polar surface area (TPSA) is 151 Å². The van der Waals surface area contributed by atoms with Crippen molar-refractivity contribution in [3.8, 4) is 11.5 Å². The lowest BCUT2D eigenvalue weighted by Crippen LogP contribution is -2.43. The lowest BCUT2D eigenvalue weighted by molar-refractivity contribution is -0.179. The Labute approximate surface area is 136 Å². The first-order chi connectivity index (χ1) is 11.3. The highest BCUT2D eigenvalue weighted by Crippen LogP contribution is 2.25. The van der Waals surface area contributed by atoms with Gasteiger partial charge in [-0.25, -0.2) is 14.4 Å². The number of esters is 2. The number of rotatable bonds is 7. The number of hydrogen-bond donors (Lipinski definition) is 4. The molecule has 1 aromatic carbocycles. The van der Waals surface area contributed by atoms with Crippen molar-refractivity contribution in [2.75, 3.05) is 6.61 Å². The maximum Gasteiger partial charge on any atom is 0.350 e. The number of carbonyl (C=O) groups excluding carboxylic acids is 2. The molecule has 1 aromatic rings. The summed E-state index contributed by atoms with van der Waals surface area (Å²) < 4.78 is 9.16. The Morgan fingerprint density at radius 2 is 1.88 bits per heavy atom. The Bertz CT molecular complexity index is 650. The van der Waals surface area contributed by atoms with Crippen LogP contribution in [0.5, 0.6) is 11.5 Å². The number of carboxylic acid groups (broad SMARTS) is 1. The SMILES string of the molecule is CCOC(=O)C(OC(=O)/C=C/c1ccc(O)c(O)c1)C(O)C(=O)O. The molecule has 0 aliphatic heterocycles. The number of benzene rings is 1. The number of hydrogen-bond acceptors (Lipinski definition) is 8. The van der Waals surface area contributed by atoms with E-state index in [1.807, 2.05) is 0 Å². The van der Waals surface area contributed by atoms with Crippen molar-refractivity contribution in [1.29, 1.82) is 0 Å². The molecule has 4 N–H and O–H groups in total. The molecular weight excluding hydrogens is 324 g/mol. The van der Waals surface area contributed by atoms with E-state index in [1.165, 1.54) is 25.1 Å². The van der Waals surface area contributed by atoms with E-state index in [4.69, 9.17) is 10.2 Å². The van der Waals surface area contributed by atoms with E-state index in [9.17, 15) is 24.6 Å². The van der Waals surface area contributed by atoms with Gasteiger partial charge in [0.2, 0.25) is 6.10 Å². The van der Waals surface area contributed by atoms with E-state index in [-0.39, 0.29) is 12.4 Å². The molecule has 0 heterocycles. The highest BCUT2D eigenvalue weighted by molar-refractivity contribution is 5.91. The van der Waals surface area contributed by atoms with E-state index in [1.54, 1.807) is 0 Å². The quantitative estimate of drug-likeness (QED) is 0.306. The fourth-order valence-electron chi connectivity index (χ4n) is 1.57. The monoisotopic (exact) mass is 340 g/mol. The Morgan fingerprint density at radius 1 is 1.21 bits per heavy atom. The number of aromatic hydroxyl groups is 2. The van der Waals surface area contributed by atoms with Crippen molar-refractivity contribution in [2.45, 2.75) is 19.1 Å². The molecule has 2 atom stereocenters. The summed E-state index contributed by atoms with van der Waals surface area (Å²) in [5.41, 5.74) is 0.328. The second-order valence-electron chi connectivity index (χ2n) is 4.47. The van der Waals surface area contributed by atoms with Crippen LogP contribution in [0.4, 0.5) is 0 Å². The number of phenols is 2. The third kappa shape index (κ3) is 5.29. The summed E-state index contributed by atoms with van der Waals surface area (Å²) in [6.45, 7) is 1.36. The second-order valence-corrected chi connectivity index (χ2v) is 4.47. The largest absolute Gasteiger partial charge is 0.504 e. The maximum atomic E-state index is 11.7. The molecule has 2 unspecified atom stereocenters. The van der Waals surface area contributed by atoms with Crippen molar-refractivity contribution < 1.29 is 44.3 Å². The molecule has 0 aromatic heterocycles. The first kappa shape index (κ1) is 19.0. The molecule has 130 valence electrons. The van der Waals surface area contributed by atoms with Gasteiger partial charge in [0.15, 0.2) is 17.6 Å². The Balaban J connectivity index is 2.83. The van der Waals surface area contributed by atoms with Crippen molar-refractivity contribution in [3.63, 3.8) is 0 Å². The van der Waals surface area contributed by atoms with Gasteiger partial charge in [-0.1, -0.05) is 6.07 Å². The average molecular weight is 340 g/mol. The second kappa shape index (κ2) is 8.53. The molecule has 0 radical (unpaired) electrons. The van der Waals surface area contributed by atoms with Crippen molar-refractivity contribution in [2.24, 2.45) is 0 Å². The van der Waals surface area contributed by atoms with Gasteiger partial charge in [0.05, 0.1) is 6.61 Å². The van der Waals surface area contributed by atoms with E-state index in [2.05, 4.69) is 9.47 Å². The van der Waals surface area contributed by atoms with Crippen LogP contribution in [0.15, 0.2) is 24.3 Å². The predicted molar refractivity (Wildman–Crippen MR) is 79.0 cm³/mol. The van der Waals surface area contributed by atoms with E-state index in [0.29, 0.717) is 5.56 Å². The summed E-state index contributed by atoms with van der Waals surface area (Å²) in [6.07, 6.45) is -2.25. The summed E-state index contributed by atoms with van der Waals surface area (Å²) in [5, 5.41) is 36.6. The highest BCUT2D eigenvalue weighted by atomic mass is 16.6. The summed E-state index contributed by atoms with van der Waals surface area (Å²) in [5.74, 6) is -4.82. The molecular formula is C15H16O9. The van der Waals surface area contributed by atoms with Gasteiger partial charge in [-0.05, 0) is 30.7 Å². The third-order valence-corrected chi connectivity index (χ3v) is 2.71. The molecule has 0 saturated carbocycles. The van der Waals surface area contributed by atoms with Crippen LogP contribution in [-0.4, -0.2) is 57.1 Å². The molecule has 9 heteroatoms. The molecule has 0 fully saturated rings. The normalized spacial score (nSPS) is 13.2. The zero-order valence-corrected chi connectivity index (χ0v) is 12.6. The van der Waals surface area contributed by atoms with Gasteiger partial charge in [0, 0.05) is 6.08 Å². The Morgan fingerprint density at radius 3 is 2.42 bits per heavy atom. The summed E-state index contributed by atoms with van der Waals surface area (Å²) in [4.78, 5) is 34.0. The van der Waals surface area contributed by atoms with Crippen LogP contribution >= 0.6 is 0 Å². The van der Waals surface area contributed by atoms with Gasteiger partial charge in [-0.15, -0.1) is 0 Å². The van der Waals surface area contributed by atoms with Crippen molar-refractivity contribution in [1.82, 2.24) is 0 Å². The first-order valence-corrected chi connectivity index (χ1v) is 6.74. The molecule has 0 amide bonds. The molecule has 0 aliphatic carbocycles. The minimum atomic E-state index is -2.28. The molecule has 0 aliphatic rings. The van der Waals surface area contributed by atoms with Crippen LogP contribution in [0.3, 0.4) is 0 Å². The summed E-state index contributed by atoms with van der Waals surface area (Å²) in [6, 6.07) is 3.73. The number of ether oxygens (including phenoxy) is 2. The van der Waals surface area contributed by atoms with E-state index in [0.717, 1.165) is 12.1 Å². The van der Waals surface area contributed by atoms with Crippen LogP contribution < -0.4 is 0 Å². The first-order valence-electron chi connectivity index (χ1n) is 6.74. The minimum absolute atomic E-state index is 0.0954. The smallest absolute Gasteiger partial charge is 0.350 e. The van der Waals surface area contributed by atoms with E-state index >= 15 is 0 Å².